The van der Waals surface area contributed by atoms with E-state index in [0.717, 1.165) is 37.2 Å². The molecule has 5 unspecified atom stereocenters. The first-order valence-corrected chi connectivity index (χ1v) is 15.1. The molecule has 1 saturated carbocycles. The topological polar surface area (TPSA) is 93.7 Å². The van der Waals surface area contributed by atoms with E-state index in [-0.39, 0.29) is 29.4 Å². The lowest BCUT2D eigenvalue weighted by Gasteiger charge is -2.47. The van der Waals surface area contributed by atoms with E-state index in [4.69, 9.17) is 0 Å². The molecule has 2 saturated heterocycles. The van der Waals surface area contributed by atoms with Gasteiger partial charge in [0.2, 0.25) is 11.8 Å². The number of carbonyl (C=O) groups is 2. The number of hydrogen-bond acceptors (Lipinski definition) is 6. The maximum absolute atomic E-state index is 13.4. The van der Waals surface area contributed by atoms with Crippen LogP contribution >= 0.6 is 11.8 Å². The van der Waals surface area contributed by atoms with Crippen molar-refractivity contribution in [2.75, 3.05) is 25.4 Å². The Hall–Kier alpha value is -1.61. The number of fused-ring (bicyclic) bond motifs is 1. The number of nitrogens with one attached hydrogen (secondary N) is 3. The molecule has 1 aromatic carbocycles. The van der Waals surface area contributed by atoms with Crippen molar-refractivity contribution in [2.24, 2.45) is 11.8 Å². The zero-order valence-corrected chi connectivity index (χ0v) is 23.6. The number of likely N-dealkylation sites (tertiary alicyclic amines) is 1. The Labute approximate surface area is 226 Å². The van der Waals surface area contributed by atoms with Crippen molar-refractivity contribution >= 4 is 23.6 Å². The van der Waals surface area contributed by atoms with E-state index in [1.54, 1.807) is 11.8 Å². The molecule has 8 heteroatoms. The number of piperidine rings is 1. The van der Waals surface area contributed by atoms with Crippen molar-refractivity contribution in [1.29, 1.82) is 0 Å². The Morgan fingerprint density at radius 3 is 2.49 bits per heavy atom. The number of aliphatic hydroxyl groups excluding tert-OH is 1. The van der Waals surface area contributed by atoms with Crippen LogP contribution < -0.4 is 16.0 Å². The van der Waals surface area contributed by atoms with Crippen LogP contribution in [0.4, 0.5) is 0 Å². The molecule has 3 aliphatic rings. The molecule has 7 nitrogen and oxygen atoms in total. The Balaban J connectivity index is 1.47. The third kappa shape index (κ3) is 8.19. The second-order valence-corrected chi connectivity index (χ2v) is 13.3. The highest BCUT2D eigenvalue weighted by Crippen LogP contribution is 2.39. The van der Waals surface area contributed by atoms with Gasteiger partial charge in [-0.1, -0.05) is 37.5 Å². The van der Waals surface area contributed by atoms with Gasteiger partial charge in [-0.3, -0.25) is 14.5 Å². The van der Waals surface area contributed by atoms with E-state index in [2.05, 4.69) is 33.0 Å². The van der Waals surface area contributed by atoms with Crippen molar-refractivity contribution in [2.45, 2.75) is 100 Å². The number of nitrogens with zero attached hydrogens (tertiary/aromatic N) is 1. The minimum Gasteiger partial charge on any atom is -0.390 e. The Bertz CT molecular complexity index is 887. The molecule has 2 heterocycles. The van der Waals surface area contributed by atoms with E-state index >= 15 is 0 Å². The molecular weight excluding hydrogens is 484 g/mol. The standard InChI is InChI=1S/C29H46N4O3S/c1-29(2,3)32-28(36)25-16-20-10-7-8-11-21(20)17-33(25)18-26(34)24(19-37-22-12-5-4-6-13-22)31-27(35)23-14-9-15-30-23/h4-6,12-13,20-21,23-26,30,34H,7-11,14-19H2,1-3H3,(H,31,35)(H,32,36)/t20?,21?,23?,24?,25-,26?/m0/s1. The van der Waals surface area contributed by atoms with Gasteiger partial charge in [0.05, 0.1) is 24.2 Å². The number of carbonyl (C=O) groups excluding carboxylic acids is 2. The highest BCUT2D eigenvalue weighted by atomic mass is 32.2. The monoisotopic (exact) mass is 530 g/mol. The number of rotatable bonds is 9. The first-order chi connectivity index (χ1) is 17.7. The van der Waals surface area contributed by atoms with Gasteiger partial charge >= 0.3 is 0 Å². The van der Waals surface area contributed by atoms with Crippen LogP contribution in [0.5, 0.6) is 0 Å². The molecule has 37 heavy (non-hydrogen) atoms. The lowest BCUT2D eigenvalue weighted by molar-refractivity contribution is -0.133. The molecule has 6 atom stereocenters. The van der Waals surface area contributed by atoms with Crippen molar-refractivity contribution in [3.05, 3.63) is 30.3 Å². The highest BCUT2D eigenvalue weighted by molar-refractivity contribution is 7.99. The van der Waals surface area contributed by atoms with E-state index in [9.17, 15) is 14.7 Å². The fourth-order valence-electron chi connectivity index (χ4n) is 6.14. The van der Waals surface area contributed by atoms with E-state index in [1.165, 1.54) is 25.7 Å². The van der Waals surface area contributed by atoms with Crippen LogP contribution in [0.2, 0.25) is 0 Å². The minimum atomic E-state index is -0.772. The summed E-state index contributed by atoms with van der Waals surface area (Å²) in [5, 5.41) is 21.2. The molecule has 0 aromatic heterocycles. The van der Waals surface area contributed by atoms with Crippen molar-refractivity contribution in [1.82, 2.24) is 20.9 Å². The Morgan fingerprint density at radius 2 is 1.81 bits per heavy atom. The number of hydrogen-bond donors (Lipinski definition) is 4. The first-order valence-electron chi connectivity index (χ1n) is 14.2. The third-order valence-corrected chi connectivity index (χ3v) is 9.20. The minimum absolute atomic E-state index is 0.0387. The van der Waals surface area contributed by atoms with Crippen LogP contribution in [0, 0.1) is 11.8 Å². The van der Waals surface area contributed by atoms with Crippen LogP contribution in [0.3, 0.4) is 0 Å². The predicted octanol–water partition coefficient (Wildman–Crippen LogP) is 3.17. The molecule has 4 rings (SSSR count). The maximum Gasteiger partial charge on any atom is 0.237 e. The summed E-state index contributed by atoms with van der Waals surface area (Å²) in [5.74, 6) is 1.74. The molecule has 1 aromatic rings. The second kappa shape index (κ2) is 13.0. The summed E-state index contributed by atoms with van der Waals surface area (Å²) >= 11 is 1.64. The third-order valence-electron chi connectivity index (χ3n) is 8.07. The van der Waals surface area contributed by atoms with Crippen LogP contribution in [0.15, 0.2) is 35.2 Å². The zero-order valence-electron chi connectivity index (χ0n) is 22.7. The van der Waals surface area contributed by atoms with Gasteiger partial charge in [-0.15, -0.1) is 11.8 Å². The molecular formula is C29H46N4O3S. The number of aliphatic hydroxyl groups is 1. The van der Waals surface area contributed by atoms with E-state index in [0.29, 0.717) is 24.1 Å². The highest BCUT2D eigenvalue weighted by Gasteiger charge is 2.42. The Morgan fingerprint density at radius 1 is 1.08 bits per heavy atom. The maximum atomic E-state index is 13.4. The average Bonchev–Trinajstić information content (AvgIpc) is 3.41. The Kier molecular flexibility index (Phi) is 9.95. The molecule has 206 valence electrons. The van der Waals surface area contributed by atoms with Crippen LogP contribution in [-0.2, 0) is 9.59 Å². The lowest BCUT2D eigenvalue weighted by atomic mass is 9.72. The van der Waals surface area contributed by atoms with Gasteiger partial charge in [0.1, 0.15) is 0 Å². The molecule has 3 fully saturated rings. The number of thioether (sulfide) groups is 1. The van der Waals surface area contributed by atoms with Crippen molar-refractivity contribution in [3.63, 3.8) is 0 Å². The summed E-state index contributed by atoms with van der Waals surface area (Å²) in [6.07, 6.45) is 6.78. The molecule has 2 aliphatic heterocycles. The van der Waals surface area contributed by atoms with Crippen LogP contribution in [0.25, 0.3) is 0 Å². The summed E-state index contributed by atoms with van der Waals surface area (Å²) in [7, 11) is 0. The number of benzene rings is 1. The van der Waals surface area contributed by atoms with Gasteiger partial charge < -0.3 is 21.1 Å². The SMILES string of the molecule is CC(C)(C)NC(=O)[C@@H]1CC2CCCCC2CN1CC(O)C(CSc1ccccc1)NC(=O)C1CCCN1. The van der Waals surface area contributed by atoms with Crippen LogP contribution in [-0.4, -0.2) is 77.0 Å². The van der Waals surface area contributed by atoms with Crippen LogP contribution in [0.1, 0.15) is 65.7 Å². The summed E-state index contributed by atoms with van der Waals surface area (Å²) in [5.41, 5.74) is -0.304. The number of amides is 2. The molecule has 4 N–H and O–H groups in total. The zero-order chi connectivity index (χ0) is 26.4. The van der Waals surface area contributed by atoms with Gasteiger partial charge in [-0.25, -0.2) is 0 Å². The quantitative estimate of drug-likeness (QED) is 0.367. The van der Waals surface area contributed by atoms with Gasteiger partial charge in [-0.05, 0) is 77.0 Å². The molecule has 0 spiro atoms. The summed E-state index contributed by atoms with van der Waals surface area (Å²) in [4.78, 5) is 29.7. The fraction of sp³-hybridized carbons (Fsp3) is 0.724. The summed E-state index contributed by atoms with van der Waals surface area (Å²) in [6.45, 7) is 8.11. The van der Waals surface area contributed by atoms with Gasteiger partial charge in [0, 0.05) is 29.3 Å². The van der Waals surface area contributed by atoms with Gasteiger partial charge in [0.25, 0.3) is 0 Å². The summed E-state index contributed by atoms with van der Waals surface area (Å²) < 4.78 is 0. The molecule has 0 bridgehead atoms. The number of β-amino-alcohol motifs (C(OH)–C–C–N with tert-alkyl or cyclic N) is 1. The lowest BCUT2D eigenvalue weighted by Crippen LogP contribution is -2.60. The molecule has 2 amide bonds. The summed E-state index contributed by atoms with van der Waals surface area (Å²) in [6, 6.07) is 9.24. The smallest absolute Gasteiger partial charge is 0.237 e. The van der Waals surface area contributed by atoms with Crippen molar-refractivity contribution in [3.8, 4) is 0 Å². The van der Waals surface area contributed by atoms with E-state index in [1.807, 2.05) is 39.0 Å². The van der Waals surface area contributed by atoms with Gasteiger partial charge in [-0.2, -0.15) is 0 Å². The van der Waals surface area contributed by atoms with Crippen molar-refractivity contribution < 1.29 is 14.7 Å². The molecule has 0 radical (unpaired) electrons. The molecule has 1 aliphatic carbocycles. The largest absolute Gasteiger partial charge is 0.390 e. The fourth-order valence-corrected chi connectivity index (χ4v) is 7.16. The average molecular weight is 531 g/mol. The normalized spacial score (nSPS) is 28.2. The van der Waals surface area contributed by atoms with E-state index < -0.39 is 12.1 Å². The van der Waals surface area contributed by atoms with Gasteiger partial charge in [0.15, 0.2) is 0 Å². The first kappa shape index (κ1) is 28.4. The predicted molar refractivity (Wildman–Crippen MR) is 149 cm³/mol. The second-order valence-electron chi connectivity index (χ2n) is 12.2.